The highest BCUT2D eigenvalue weighted by atomic mass is 16.5. The molecule has 2 heteroatoms. The summed E-state index contributed by atoms with van der Waals surface area (Å²) in [7, 11) is 0. The van der Waals surface area contributed by atoms with Crippen molar-refractivity contribution in [2.24, 2.45) is 5.41 Å². The Morgan fingerprint density at radius 1 is 1.42 bits per heavy atom. The first-order valence-corrected chi connectivity index (χ1v) is 4.69. The van der Waals surface area contributed by atoms with Crippen LogP contribution in [0.15, 0.2) is 0 Å². The van der Waals surface area contributed by atoms with Crippen LogP contribution in [-0.4, -0.2) is 19.0 Å². The summed E-state index contributed by atoms with van der Waals surface area (Å²) >= 11 is 0. The van der Waals surface area contributed by atoms with E-state index in [1.165, 1.54) is 12.8 Å². The van der Waals surface area contributed by atoms with Crippen LogP contribution in [0, 0.1) is 5.41 Å². The lowest BCUT2D eigenvalue weighted by Crippen LogP contribution is -2.26. The van der Waals surface area contributed by atoms with E-state index in [4.69, 9.17) is 4.74 Å². The Morgan fingerprint density at radius 2 is 2.00 bits per heavy atom. The summed E-state index contributed by atoms with van der Waals surface area (Å²) in [6, 6.07) is 0. The van der Waals surface area contributed by atoms with Gasteiger partial charge in [0.2, 0.25) is 0 Å². The second-order valence-electron chi connectivity index (χ2n) is 4.36. The van der Waals surface area contributed by atoms with Crippen molar-refractivity contribution in [1.82, 2.24) is 0 Å². The van der Waals surface area contributed by atoms with E-state index in [1.54, 1.807) is 0 Å². The molecule has 12 heavy (non-hydrogen) atoms. The summed E-state index contributed by atoms with van der Waals surface area (Å²) in [6.07, 6.45) is 5.83. The van der Waals surface area contributed by atoms with Crippen molar-refractivity contribution in [2.75, 3.05) is 6.61 Å². The number of ether oxygens (including phenoxy) is 1. The fourth-order valence-corrected chi connectivity index (χ4v) is 1.71. The SMILES string of the molecule is CC1(C)CCC(OCC=O)CC1. The normalized spacial score (nSPS) is 23.8. The molecule has 0 aromatic rings. The smallest absolute Gasteiger partial charge is 0.145 e. The fraction of sp³-hybridized carbons (Fsp3) is 0.900. The molecule has 1 fully saturated rings. The third-order valence-corrected chi connectivity index (χ3v) is 2.69. The zero-order chi connectivity index (χ0) is 9.03. The zero-order valence-electron chi connectivity index (χ0n) is 8.01. The first-order valence-electron chi connectivity index (χ1n) is 4.69. The number of hydrogen-bond donors (Lipinski definition) is 0. The number of carbonyl (C=O) groups is 1. The minimum absolute atomic E-state index is 0.269. The van der Waals surface area contributed by atoms with Gasteiger partial charge >= 0.3 is 0 Å². The Morgan fingerprint density at radius 3 is 2.50 bits per heavy atom. The third-order valence-electron chi connectivity index (χ3n) is 2.69. The van der Waals surface area contributed by atoms with Crippen LogP contribution in [0.25, 0.3) is 0 Å². The molecule has 0 atom stereocenters. The van der Waals surface area contributed by atoms with Crippen LogP contribution in [0.3, 0.4) is 0 Å². The summed E-state index contributed by atoms with van der Waals surface area (Å²) in [6.45, 7) is 4.86. The molecule has 0 radical (unpaired) electrons. The van der Waals surface area contributed by atoms with Gasteiger partial charge in [-0.25, -0.2) is 0 Å². The van der Waals surface area contributed by atoms with Gasteiger partial charge in [-0.2, -0.15) is 0 Å². The van der Waals surface area contributed by atoms with Crippen molar-refractivity contribution in [2.45, 2.75) is 45.6 Å². The van der Waals surface area contributed by atoms with Crippen molar-refractivity contribution < 1.29 is 9.53 Å². The lowest BCUT2D eigenvalue weighted by molar-refractivity contribution is -0.114. The van der Waals surface area contributed by atoms with Gasteiger partial charge in [0.15, 0.2) is 0 Å². The highest BCUT2D eigenvalue weighted by Gasteiger charge is 2.26. The van der Waals surface area contributed by atoms with Gasteiger partial charge in [0, 0.05) is 0 Å². The average molecular weight is 170 g/mol. The van der Waals surface area contributed by atoms with E-state index in [0.29, 0.717) is 11.5 Å². The van der Waals surface area contributed by atoms with Gasteiger partial charge in [0.05, 0.1) is 6.10 Å². The summed E-state index contributed by atoms with van der Waals surface area (Å²) in [5, 5.41) is 0. The Hall–Kier alpha value is -0.370. The van der Waals surface area contributed by atoms with E-state index in [9.17, 15) is 4.79 Å². The topological polar surface area (TPSA) is 26.3 Å². The Balaban J connectivity index is 2.22. The number of carbonyl (C=O) groups excluding carboxylic acids is 1. The molecule has 0 spiro atoms. The molecule has 70 valence electrons. The molecule has 0 aromatic carbocycles. The first-order chi connectivity index (χ1) is 5.64. The van der Waals surface area contributed by atoms with Crippen molar-refractivity contribution in [3.05, 3.63) is 0 Å². The zero-order valence-corrected chi connectivity index (χ0v) is 8.01. The van der Waals surface area contributed by atoms with Gasteiger partial charge in [-0.3, -0.25) is 0 Å². The molecular weight excluding hydrogens is 152 g/mol. The predicted molar refractivity (Wildman–Crippen MR) is 48.1 cm³/mol. The van der Waals surface area contributed by atoms with Crippen LogP contribution in [0.5, 0.6) is 0 Å². The van der Waals surface area contributed by atoms with E-state index in [0.717, 1.165) is 19.1 Å². The maximum Gasteiger partial charge on any atom is 0.145 e. The van der Waals surface area contributed by atoms with E-state index < -0.39 is 0 Å². The molecule has 2 nitrogen and oxygen atoms in total. The minimum Gasteiger partial charge on any atom is -0.371 e. The summed E-state index contributed by atoms with van der Waals surface area (Å²) < 4.78 is 5.36. The molecule has 1 aliphatic rings. The standard InChI is InChI=1S/C10H18O2/c1-10(2)5-3-9(4-6-10)12-8-7-11/h7,9H,3-6,8H2,1-2H3. The molecular formula is C10H18O2. The van der Waals surface area contributed by atoms with Crippen molar-refractivity contribution in [3.8, 4) is 0 Å². The van der Waals surface area contributed by atoms with Crippen LogP contribution < -0.4 is 0 Å². The van der Waals surface area contributed by atoms with Gasteiger partial charge < -0.3 is 9.53 Å². The van der Waals surface area contributed by atoms with Gasteiger partial charge in [-0.05, 0) is 31.1 Å². The average Bonchev–Trinajstić information content (AvgIpc) is 2.03. The van der Waals surface area contributed by atoms with Crippen molar-refractivity contribution in [1.29, 1.82) is 0 Å². The quantitative estimate of drug-likeness (QED) is 0.607. The molecule has 0 amide bonds. The fourth-order valence-electron chi connectivity index (χ4n) is 1.71. The van der Waals surface area contributed by atoms with Gasteiger partial charge in [0.25, 0.3) is 0 Å². The second kappa shape index (κ2) is 4.04. The molecule has 1 aliphatic carbocycles. The largest absolute Gasteiger partial charge is 0.371 e. The Bertz CT molecular complexity index is 142. The van der Waals surface area contributed by atoms with Crippen LogP contribution in [0.2, 0.25) is 0 Å². The van der Waals surface area contributed by atoms with Gasteiger partial charge in [0.1, 0.15) is 12.9 Å². The summed E-state index contributed by atoms with van der Waals surface area (Å²) in [5.41, 5.74) is 0.487. The predicted octanol–water partition coefficient (Wildman–Crippen LogP) is 2.17. The molecule has 0 aromatic heterocycles. The van der Waals surface area contributed by atoms with Gasteiger partial charge in [-0.15, -0.1) is 0 Å². The monoisotopic (exact) mass is 170 g/mol. The lowest BCUT2D eigenvalue weighted by Gasteiger charge is -2.33. The van der Waals surface area contributed by atoms with E-state index >= 15 is 0 Å². The van der Waals surface area contributed by atoms with Crippen molar-refractivity contribution in [3.63, 3.8) is 0 Å². The molecule has 0 heterocycles. The molecule has 0 aliphatic heterocycles. The third kappa shape index (κ3) is 2.94. The second-order valence-corrected chi connectivity index (χ2v) is 4.36. The minimum atomic E-state index is 0.269. The maximum absolute atomic E-state index is 10.0. The first kappa shape index (κ1) is 9.72. The van der Waals surface area contributed by atoms with Crippen LogP contribution in [0.4, 0.5) is 0 Å². The Labute approximate surface area is 74.3 Å². The molecule has 0 saturated heterocycles. The highest BCUT2D eigenvalue weighted by molar-refractivity contribution is 5.50. The van der Waals surface area contributed by atoms with Gasteiger partial charge in [-0.1, -0.05) is 13.8 Å². The number of hydrogen-bond acceptors (Lipinski definition) is 2. The Kier molecular flexibility index (Phi) is 3.27. The van der Waals surface area contributed by atoms with Crippen LogP contribution in [0.1, 0.15) is 39.5 Å². The van der Waals surface area contributed by atoms with Crippen LogP contribution >= 0.6 is 0 Å². The maximum atomic E-state index is 10.0. The molecule has 0 bridgehead atoms. The van der Waals surface area contributed by atoms with Crippen molar-refractivity contribution >= 4 is 6.29 Å². The van der Waals surface area contributed by atoms with E-state index in [1.807, 2.05) is 0 Å². The summed E-state index contributed by atoms with van der Waals surface area (Å²) in [4.78, 5) is 10.0. The lowest BCUT2D eigenvalue weighted by atomic mass is 9.76. The van der Waals surface area contributed by atoms with E-state index in [-0.39, 0.29) is 6.61 Å². The number of rotatable bonds is 3. The molecule has 0 N–H and O–H groups in total. The molecule has 0 unspecified atom stereocenters. The molecule has 1 rings (SSSR count). The summed E-state index contributed by atoms with van der Waals surface area (Å²) in [5.74, 6) is 0. The van der Waals surface area contributed by atoms with Crippen LogP contribution in [-0.2, 0) is 9.53 Å². The van der Waals surface area contributed by atoms with E-state index in [2.05, 4.69) is 13.8 Å². The number of aldehydes is 1. The molecule has 1 saturated carbocycles. The highest BCUT2D eigenvalue weighted by Crippen LogP contribution is 2.35.